The van der Waals surface area contributed by atoms with Gasteiger partial charge in [-0.2, -0.15) is 0 Å². The van der Waals surface area contributed by atoms with Gasteiger partial charge < -0.3 is 9.30 Å². The molecular formula is C14H18N4O4S2. The first-order chi connectivity index (χ1) is 11.3. The number of benzene rings is 1. The molecule has 0 amide bonds. The Labute approximate surface area is 144 Å². The molecule has 1 heterocycles. The number of nitrogens with zero attached hydrogens (tertiary/aromatic N) is 3. The smallest absolute Gasteiger partial charge is 0.316 e. The summed E-state index contributed by atoms with van der Waals surface area (Å²) >= 11 is 1.24. The Morgan fingerprint density at radius 3 is 2.54 bits per heavy atom. The second-order valence-electron chi connectivity index (χ2n) is 4.91. The number of esters is 1. The third-order valence-electron chi connectivity index (χ3n) is 2.91. The lowest BCUT2D eigenvalue weighted by Crippen LogP contribution is -2.09. The van der Waals surface area contributed by atoms with Crippen LogP contribution in [0.5, 0.6) is 0 Å². The molecule has 0 aliphatic heterocycles. The molecule has 0 spiro atoms. The van der Waals surface area contributed by atoms with Gasteiger partial charge in [0.05, 0.1) is 18.6 Å². The minimum absolute atomic E-state index is 0.164. The highest BCUT2D eigenvalue weighted by molar-refractivity contribution is 7.99. The lowest BCUT2D eigenvalue weighted by atomic mass is 10.2. The van der Waals surface area contributed by atoms with Crippen molar-refractivity contribution in [3.63, 3.8) is 0 Å². The minimum atomic E-state index is -3.31. The summed E-state index contributed by atoms with van der Waals surface area (Å²) < 4.78 is 31.5. The Balaban J connectivity index is 2.11. The molecule has 0 radical (unpaired) electrons. The number of aromatic nitrogens is 3. The van der Waals surface area contributed by atoms with Crippen molar-refractivity contribution in [2.24, 2.45) is 7.05 Å². The number of ether oxygens (including phenoxy) is 1. The zero-order chi connectivity index (χ0) is 17.7. The van der Waals surface area contributed by atoms with E-state index in [9.17, 15) is 13.2 Å². The molecule has 1 aromatic heterocycles. The second kappa shape index (κ2) is 7.67. The highest BCUT2D eigenvalue weighted by Gasteiger charge is 2.13. The van der Waals surface area contributed by atoms with Crippen LogP contribution < -0.4 is 4.72 Å². The van der Waals surface area contributed by atoms with Crippen molar-refractivity contribution in [2.75, 3.05) is 23.3 Å². The van der Waals surface area contributed by atoms with Gasteiger partial charge in [0.25, 0.3) is 0 Å². The van der Waals surface area contributed by atoms with Crippen LogP contribution in [0.2, 0.25) is 0 Å². The molecule has 1 N–H and O–H groups in total. The standard InChI is InChI=1S/C14H18N4O4S2/c1-4-22-12(19)9-23-14-16-15-13(18(14)2)10-5-7-11(8-6-10)17-24(3,20)21/h5-8,17H,4,9H2,1-3H3. The molecule has 1 aromatic carbocycles. The van der Waals surface area contributed by atoms with Crippen molar-refractivity contribution in [3.8, 4) is 11.4 Å². The zero-order valence-electron chi connectivity index (χ0n) is 13.5. The summed E-state index contributed by atoms with van der Waals surface area (Å²) in [5, 5.41) is 8.77. The van der Waals surface area contributed by atoms with Crippen LogP contribution in [0.25, 0.3) is 11.4 Å². The van der Waals surface area contributed by atoms with Gasteiger partial charge in [-0.05, 0) is 31.2 Å². The fourth-order valence-electron chi connectivity index (χ4n) is 1.92. The van der Waals surface area contributed by atoms with E-state index in [0.717, 1.165) is 11.8 Å². The van der Waals surface area contributed by atoms with Crippen LogP contribution in [-0.4, -0.2) is 47.8 Å². The number of nitrogens with one attached hydrogen (secondary N) is 1. The van der Waals surface area contributed by atoms with Gasteiger partial charge in [0, 0.05) is 18.3 Å². The van der Waals surface area contributed by atoms with Gasteiger partial charge in [-0.25, -0.2) is 8.42 Å². The largest absolute Gasteiger partial charge is 0.465 e. The fraction of sp³-hybridized carbons (Fsp3) is 0.357. The highest BCUT2D eigenvalue weighted by atomic mass is 32.2. The summed E-state index contributed by atoms with van der Waals surface area (Å²) in [6, 6.07) is 6.79. The zero-order valence-corrected chi connectivity index (χ0v) is 15.1. The van der Waals surface area contributed by atoms with E-state index < -0.39 is 10.0 Å². The predicted molar refractivity (Wildman–Crippen MR) is 92.3 cm³/mol. The fourth-order valence-corrected chi connectivity index (χ4v) is 3.19. The van der Waals surface area contributed by atoms with Crippen molar-refractivity contribution < 1.29 is 17.9 Å². The number of hydrogen-bond acceptors (Lipinski definition) is 7. The van der Waals surface area contributed by atoms with Crippen molar-refractivity contribution in [3.05, 3.63) is 24.3 Å². The predicted octanol–water partition coefficient (Wildman–Crippen LogP) is 1.51. The van der Waals surface area contributed by atoms with E-state index in [2.05, 4.69) is 14.9 Å². The monoisotopic (exact) mass is 370 g/mol. The number of sulfonamides is 1. The molecule has 10 heteroatoms. The number of hydrogen-bond donors (Lipinski definition) is 1. The Morgan fingerprint density at radius 1 is 1.29 bits per heavy atom. The lowest BCUT2D eigenvalue weighted by molar-refractivity contribution is -0.139. The first-order valence-electron chi connectivity index (χ1n) is 7.06. The molecule has 0 saturated carbocycles. The normalized spacial score (nSPS) is 11.3. The lowest BCUT2D eigenvalue weighted by Gasteiger charge is -2.06. The molecule has 0 saturated heterocycles. The average Bonchev–Trinajstić information content (AvgIpc) is 2.86. The van der Waals surface area contributed by atoms with Gasteiger partial charge in [0.1, 0.15) is 0 Å². The molecule has 2 rings (SSSR count). The van der Waals surface area contributed by atoms with Crippen LogP contribution >= 0.6 is 11.8 Å². The summed E-state index contributed by atoms with van der Waals surface area (Å²) in [6.07, 6.45) is 1.09. The first-order valence-corrected chi connectivity index (χ1v) is 9.94. The Kier molecular flexibility index (Phi) is 5.84. The molecule has 0 unspecified atom stereocenters. The van der Waals surface area contributed by atoms with Gasteiger partial charge in [0.2, 0.25) is 10.0 Å². The van der Waals surface area contributed by atoms with Crippen LogP contribution in [0.3, 0.4) is 0 Å². The van der Waals surface area contributed by atoms with Crippen molar-refractivity contribution >= 4 is 33.4 Å². The Bertz CT molecular complexity index is 816. The van der Waals surface area contributed by atoms with E-state index in [1.165, 1.54) is 11.8 Å². The van der Waals surface area contributed by atoms with E-state index >= 15 is 0 Å². The summed E-state index contributed by atoms with van der Waals surface area (Å²) in [6.45, 7) is 2.10. The summed E-state index contributed by atoms with van der Waals surface area (Å²) in [4.78, 5) is 11.4. The molecule has 2 aromatic rings. The number of thioether (sulfide) groups is 1. The highest BCUT2D eigenvalue weighted by Crippen LogP contribution is 2.24. The van der Waals surface area contributed by atoms with Crippen LogP contribution in [0.15, 0.2) is 29.4 Å². The minimum Gasteiger partial charge on any atom is -0.465 e. The van der Waals surface area contributed by atoms with Crippen LogP contribution in [0, 0.1) is 0 Å². The van der Waals surface area contributed by atoms with E-state index in [0.29, 0.717) is 23.3 Å². The topological polar surface area (TPSA) is 103 Å². The van der Waals surface area contributed by atoms with E-state index in [1.807, 2.05) is 0 Å². The SMILES string of the molecule is CCOC(=O)CSc1nnc(-c2ccc(NS(C)(=O)=O)cc2)n1C. The molecule has 24 heavy (non-hydrogen) atoms. The van der Waals surface area contributed by atoms with Crippen LogP contribution in [-0.2, 0) is 26.6 Å². The molecule has 0 bridgehead atoms. The van der Waals surface area contributed by atoms with Crippen molar-refractivity contribution in [1.29, 1.82) is 0 Å². The number of anilines is 1. The Morgan fingerprint density at radius 2 is 1.96 bits per heavy atom. The third kappa shape index (κ3) is 4.96. The summed E-state index contributed by atoms with van der Waals surface area (Å²) in [7, 11) is -1.51. The number of carbonyl (C=O) groups is 1. The maximum Gasteiger partial charge on any atom is 0.316 e. The molecule has 0 atom stereocenters. The summed E-state index contributed by atoms with van der Waals surface area (Å²) in [5.41, 5.74) is 1.26. The Hall–Kier alpha value is -2.07. The van der Waals surface area contributed by atoms with Gasteiger partial charge in [-0.1, -0.05) is 11.8 Å². The van der Waals surface area contributed by atoms with Crippen molar-refractivity contribution in [1.82, 2.24) is 14.8 Å². The molecule has 8 nitrogen and oxygen atoms in total. The molecular weight excluding hydrogens is 352 g/mol. The maximum atomic E-state index is 11.4. The van der Waals surface area contributed by atoms with Crippen molar-refractivity contribution in [2.45, 2.75) is 12.1 Å². The molecule has 0 aliphatic rings. The van der Waals surface area contributed by atoms with Crippen LogP contribution in [0.4, 0.5) is 5.69 Å². The quantitative estimate of drug-likeness (QED) is 0.582. The van der Waals surface area contributed by atoms with Gasteiger partial charge in [-0.3, -0.25) is 9.52 Å². The molecule has 0 fully saturated rings. The average molecular weight is 370 g/mol. The van der Waals surface area contributed by atoms with E-state index in [4.69, 9.17) is 4.74 Å². The molecule has 0 aliphatic carbocycles. The second-order valence-corrected chi connectivity index (χ2v) is 7.60. The van der Waals surface area contributed by atoms with Crippen LogP contribution in [0.1, 0.15) is 6.92 Å². The first kappa shape index (κ1) is 18.3. The van der Waals surface area contributed by atoms with Gasteiger partial charge in [0.15, 0.2) is 11.0 Å². The third-order valence-corrected chi connectivity index (χ3v) is 4.51. The van der Waals surface area contributed by atoms with Gasteiger partial charge in [-0.15, -0.1) is 10.2 Å². The van der Waals surface area contributed by atoms with E-state index in [-0.39, 0.29) is 11.7 Å². The van der Waals surface area contributed by atoms with E-state index in [1.54, 1.807) is 42.8 Å². The maximum absolute atomic E-state index is 11.4. The van der Waals surface area contributed by atoms with Gasteiger partial charge >= 0.3 is 5.97 Å². The number of carbonyl (C=O) groups excluding carboxylic acids is 1. The summed E-state index contributed by atoms with van der Waals surface area (Å²) in [5.74, 6) is 0.479. The molecule has 130 valence electrons. The number of rotatable bonds is 7.